The molecule has 1 aromatic carbocycles. The molecule has 0 aliphatic carbocycles. The summed E-state index contributed by atoms with van der Waals surface area (Å²) in [4.78, 5) is 28.6. The van der Waals surface area contributed by atoms with Crippen LogP contribution in [-0.2, 0) is 4.74 Å². The molecule has 0 aliphatic heterocycles. The Bertz CT molecular complexity index is 1070. The molecule has 0 saturated heterocycles. The zero-order chi connectivity index (χ0) is 20.4. The van der Waals surface area contributed by atoms with Crippen LogP contribution in [0.3, 0.4) is 0 Å². The van der Waals surface area contributed by atoms with Gasteiger partial charge in [0.05, 0.1) is 18.5 Å². The SMILES string of the molecule is CCOC(=O)c1cnn(C(=O)c2ccncc2)c1-c1cc(F)c(F)c(F)c1F. The van der Waals surface area contributed by atoms with Gasteiger partial charge in [-0.25, -0.2) is 22.4 Å². The molecule has 3 rings (SSSR count). The Morgan fingerprint density at radius 2 is 1.75 bits per heavy atom. The van der Waals surface area contributed by atoms with Gasteiger partial charge in [-0.3, -0.25) is 9.78 Å². The van der Waals surface area contributed by atoms with E-state index in [9.17, 15) is 27.2 Å². The fourth-order valence-electron chi connectivity index (χ4n) is 2.48. The number of hydrogen-bond acceptors (Lipinski definition) is 5. The van der Waals surface area contributed by atoms with E-state index in [1.807, 2.05) is 0 Å². The van der Waals surface area contributed by atoms with E-state index >= 15 is 0 Å². The van der Waals surface area contributed by atoms with Crippen LogP contribution in [0.2, 0.25) is 0 Å². The predicted molar refractivity (Wildman–Crippen MR) is 87.4 cm³/mol. The maximum atomic E-state index is 14.4. The number of nitrogens with zero attached hydrogens (tertiary/aromatic N) is 3. The quantitative estimate of drug-likeness (QED) is 0.294. The zero-order valence-corrected chi connectivity index (χ0v) is 14.2. The number of pyridine rings is 1. The fraction of sp³-hybridized carbons (Fsp3) is 0.111. The van der Waals surface area contributed by atoms with Gasteiger partial charge in [0.1, 0.15) is 5.56 Å². The number of carbonyl (C=O) groups is 2. The number of rotatable bonds is 4. The number of carbonyl (C=O) groups excluding carboxylic acids is 2. The third-order valence-corrected chi connectivity index (χ3v) is 3.74. The van der Waals surface area contributed by atoms with Crippen molar-refractivity contribution in [3.63, 3.8) is 0 Å². The first-order valence-corrected chi connectivity index (χ1v) is 7.90. The normalized spacial score (nSPS) is 10.8. The molecule has 6 nitrogen and oxygen atoms in total. The molecule has 2 heterocycles. The van der Waals surface area contributed by atoms with Gasteiger partial charge in [0.15, 0.2) is 23.3 Å². The van der Waals surface area contributed by atoms with Gasteiger partial charge >= 0.3 is 5.97 Å². The molecule has 0 unspecified atom stereocenters. The van der Waals surface area contributed by atoms with Gasteiger partial charge in [0.25, 0.3) is 5.91 Å². The zero-order valence-electron chi connectivity index (χ0n) is 14.2. The van der Waals surface area contributed by atoms with E-state index in [-0.39, 0.29) is 12.2 Å². The molecule has 0 N–H and O–H groups in total. The number of benzene rings is 1. The van der Waals surface area contributed by atoms with Crippen molar-refractivity contribution in [3.8, 4) is 11.3 Å². The monoisotopic (exact) mass is 393 g/mol. The van der Waals surface area contributed by atoms with Gasteiger partial charge in [-0.2, -0.15) is 9.78 Å². The molecule has 10 heteroatoms. The first kappa shape index (κ1) is 19.2. The summed E-state index contributed by atoms with van der Waals surface area (Å²) >= 11 is 0. The van der Waals surface area contributed by atoms with Crippen LogP contribution in [0, 0.1) is 23.3 Å². The van der Waals surface area contributed by atoms with Crippen LogP contribution in [0.5, 0.6) is 0 Å². The highest BCUT2D eigenvalue weighted by atomic mass is 19.2. The van der Waals surface area contributed by atoms with Gasteiger partial charge < -0.3 is 4.74 Å². The molecular weight excluding hydrogens is 382 g/mol. The summed E-state index contributed by atoms with van der Waals surface area (Å²) in [5, 5.41) is 3.74. The highest BCUT2D eigenvalue weighted by molar-refractivity contribution is 6.03. The first-order valence-electron chi connectivity index (χ1n) is 7.90. The van der Waals surface area contributed by atoms with Crippen molar-refractivity contribution in [1.29, 1.82) is 0 Å². The maximum Gasteiger partial charge on any atom is 0.342 e. The first-order chi connectivity index (χ1) is 13.4. The van der Waals surface area contributed by atoms with Crippen LogP contribution in [0.1, 0.15) is 27.6 Å². The Kier molecular flexibility index (Phi) is 5.21. The Labute approximate surface area is 155 Å². The van der Waals surface area contributed by atoms with Crippen LogP contribution < -0.4 is 0 Å². The molecule has 2 aromatic heterocycles. The van der Waals surface area contributed by atoms with Gasteiger partial charge in [0.2, 0.25) is 0 Å². The molecule has 28 heavy (non-hydrogen) atoms. The van der Waals surface area contributed by atoms with Crippen molar-refractivity contribution < 1.29 is 31.9 Å². The molecule has 0 atom stereocenters. The van der Waals surface area contributed by atoms with E-state index in [1.54, 1.807) is 0 Å². The van der Waals surface area contributed by atoms with E-state index < -0.39 is 52.0 Å². The second-order valence-electron chi connectivity index (χ2n) is 5.43. The lowest BCUT2D eigenvalue weighted by molar-refractivity contribution is 0.0527. The minimum atomic E-state index is -2.09. The number of aromatic nitrogens is 3. The summed E-state index contributed by atoms with van der Waals surface area (Å²) in [6.45, 7) is 1.44. The Balaban J connectivity index is 2.28. The summed E-state index contributed by atoms with van der Waals surface area (Å²) < 4.78 is 60.6. The number of halogens is 4. The van der Waals surface area contributed by atoms with Crippen molar-refractivity contribution in [2.24, 2.45) is 0 Å². The molecule has 144 valence electrons. The molecule has 0 amide bonds. The van der Waals surface area contributed by atoms with Gasteiger partial charge in [-0.05, 0) is 25.1 Å². The minimum Gasteiger partial charge on any atom is -0.462 e. The lowest BCUT2D eigenvalue weighted by Crippen LogP contribution is -2.17. The molecule has 3 aromatic rings. The van der Waals surface area contributed by atoms with E-state index in [4.69, 9.17) is 4.74 Å². The van der Waals surface area contributed by atoms with Crippen molar-refractivity contribution in [1.82, 2.24) is 14.8 Å². The van der Waals surface area contributed by atoms with Gasteiger partial charge in [-0.15, -0.1) is 0 Å². The second-order valence-corrected chi connectivity index (χ2v) is 5.43. The molecule has 0 bridgehead atoms. The average Bonchev–Trinajstić information content (AvgIpc) is 3.14. The Morgan fingerprint density at radius 3 is 2.39 bits per heavy atom. The number of ether oxygens (including phenoxy) is 1. The van der Waals surface area contributed by atoms with Crippen LogP contribution in [0.15, 0.2) is 36.8 Å². The Hall–Kier alpha value is -3.56. The molecular formula is C18H11F4N3O3. The van der Waals surface area contributed by atoms with Gasteiger partial charge in [0, 0.05) is 23.5 Å². The van der Waals surface area contributed by atoms with Crippen LogP contribution in [0.25, 0.3) is 11.3 Å². The van der Waals surface area contributed by atoms with Crippen LogP contribution in [0.4, 0.5) is 17.6 Å². The van der Waals surface area contributed by atoms with E-state index in [0.29, 0.717) is 10.7 Å². The topological polar surface area (TPSA) is 74.1 Å². The Morgan fingerprint density at radius 1 is 1.07 bits per heavy atom. The third kappa shape index (κ3) is 3.24. The number of hydrogen-bond donors (Lipinski definition) is 0. The molecule has 0 radical (unpaired) electrons. The van der Waals surface area contributed by atoms with E-state index in [1.165, 1.54) is 31.5 Å². The van der Waals surface area contributed by atoms with E-state index in [2.05, 4.69) is 10.1 Å². The smallest absolute Gasteiger partial charge is 0.342 e. The van der Waals surface area contributed by atoms with Crippen molar-refractivity contribution >= 4 is 11.9 Å². The highest BCUT2D eigenvalue weighted by Gasteiger charge is 2.29. The van der Waals surface area contributed by atoms with Crippen molar-refractivity contribution in [2.75, 3.05) is 6.61 Å². The highest BCUT2D eigenvalue weighted by Crippen LogP contribution is 2.31. The van der Waals surface area contributed by atoms with Crippen molar-refractivity contribution in [3.05, 3.63) is 71.2 Å². The lowest BCUT2D eigenvalue weighted by Gasteiger charge is -2.11. The molecule has 0 fully saturated rings. The third-order valence-electron chi connectivity index (χ3n) is 3.74. The number of esters is 1. The van der Waals surface area contributed by atoms with Crippen molar-refractivity contribution in [2.45, 2.75) is 6.92 Å². The van der Waals surface area contributed by atoms with Crippen LogP contribution >= 0.6 is 0 Å². The lowest BCUT2D eigenvalue weighted by atomic mass is 10.1. The average molecular weight is 393 g/mol. The summed E-state index contributed by atoms with van der Waals surface area (Å²) in [5.74, 6) is -9.44. The summed E-state index contributed by atoms with van der Waals surface area (Å²) in [6.07, 6.45) is 3.51. The molecule has 0 spiro atoms. The second kappa shape index (κ2) is 7.59. The minimum absolute atomic E-state index is 0.0539. The largest absolute Gasteiger partial charge is 0.462 e. The van der Waals surface area contributed by atoms with Gasteiger partial charge in [-0.1, -0.05) is 0 Å². The standard InChI is InChI=1S/C18H11F4N3O3/c1-2-28-18(27)11-8-24-25(17(26)9-3-5-23-6-4-9)16(11)10-7-12(19)14(21)15(22)13(10)20/h3-8H,2H2,1H3. The van der Waals surface area contributed by atoms with E-state index in [0.717, 1.165) is 6.20 Å². The van der Waals surface area contributed by atoms with Crippen LogP contribution in [-0.4, -0.2) is 33.2 Å². The maximum absolute atomic E-state index is 14.4. The fourth-order valence-corrected chi connectivity index (χ4v) is 2.48. The predicted octanol–water partition coefficient (Wildman–Crippen LogP) is 3.37. The summed E-state index contributed by atoms with van der Waals surface area (Å²) in [6, 6.07) is 2.98. The summed E-state index contributed by atoms with van der Waals surface area (Å²) in [7, 11) is 0. The molecule has 0 aliphatic rings. The molecule has 0 saturated carbocycles. The summed E-state index contributed by atoms with van der Waals surface area (Å²) in [5.41, 5.74) is -1.80.